The van der Waals surface area contributed by atoms with Crippen LogP contribution >= 0.6 is 0 Å². The second-order valence-electron chi connectivity index (χ2n) is 4.82. The molecule has 92 valence electrons. The minimum atomic E-state index is 0.290. The molecule has 0 amide bonds. The molecule has 2 heterocycles. The van der Waals surface area contributed by atoms with E-state index in [0.29, 0.717) is 5.92 Å². The van der Waals surface area contributed by atoms with Gasteiger partial charge in [0.05, 0.1) is 5.69 Å². The van der Waals surface area contributed by atoms with Crippen LogP contribution in [0.15, 0.2) is 18.6 Å². The Labute approximate surface area is 105 Å². The van der Waals surface area contributed by atoms with Crippen LogP contribution in [0.2, 0.25) is 0 Å². The molecule has 5 heteroatoms. The van der Waals surface area contributed by atoms with Crippen LogP contribution < -0.4 is 5.32 Å². The maximum atomic E-state index is 8.72. The van der Waals surface area contributed by atoms with Gasteiger partial charge in [0.25, 0.3) is 0 Å². The Morgan fingerprint density at radius 1 is 1.39 bits per heavy atom. The summed E-state index contributed by atoms with van der Waals surface area (Å²) in [6, 6.07) is 2.32. The van der Waals surface area contributed by atoms with E-state index in [0.717, 1.165) is 42.4 Å². The summed E-state index contributed by atoms with van der Waals surface area (Å²) in [5, 5.41) is 12.7. The molecule has 2 N–H and O–H groups in total. The van der Waals surface area contributed by atoms with E-state index in [1.807, 2.05) is 12.3 Å². The van der Waals surface area contributed by atoms with Gasteiger partial charge in [0, 0.05) is 23.5 Å². The zero-order valence-corrected chi connectivity index (χ0v) is 10.1. The van der Waals surface area contributed by atoms with Crippen molar-refractivity contribution in [3.8, 4) is 6.19 Å². The van der Waals surface area contributed by atoms with Gasteiger partial charge in [-0.1, -0.05) is 6.42 Å². The number of fused-ring (bicyclic) bond motifs is 1. The number of hydrogen-bond donors (Lipinski definition) is 2. The summed E-state index contributed by atoms with van der Waals surface area (Å²) < 4.78 is 0. The van der Waals surface area contributed by atoms with Gasteiger partial charge < -0.3 is 10.3 Å². The molecule has 0 aromatic carbocycles. The molecule has 0 aliphatic heterocycles. The summed E-state index contributed by atoms with van der Waals surface area (Å²) >= 11 is 0. The molecule has 2 unspecified atom stereocenters. The molecule has 5 nitrogen and oxygen atoms in total. The highest BCUT2D eigenvalue weighted by molar-refractivity contribution is 5.78. The van der Waals surface area contributed by atoms with Crippen molar-refractivity contribution < 1.29 is 0 Å². The van der Waals surface area contributed by atoms with Crippen LogP contribution in [0.3, 0.4) is 0 Å². The Balaban J connectivity index is 1.90. The minimum Gasteiger partial charge on any atom is -0.346 e. The van der Waals surface area contributed by atoms with Gasteiger partial charge in [0.2, 0.25) is 0 Å². The zero-order chi connectivity index (χ0) is 12.4. The molecule has 0 saturated heterocycles. The fourth-order valence-electron chi connectivity index (χ4n) is 2.88. The maximum Gasteiger partial charge on any atom is 0.176 e. The van der Waals surface area contributed by atoms with E-state index >= 15 is 0 Å². The average Bonchev–Trinajstić information content (AvgIpc) is 2.87. The molecule has 1 fully saturated rings. The van der Waals surface area contributed by atoms with Crippen LogP contribution in [0.5, 0.6) is 0 Å². The van der Waals surface area contributed by atoms with E-state index in [4.69, 9.17) is 5.26 Å². The van der Waals surface area contributed by atoms with Gasteiger partial charge in [-0.15, -0.1) is 0 Å². The molecule has 2 atom stereocenters. The predicted molar refractivity (Wildman–Crippen MR) is 67.6 cm³/mol. The first-order chi connectivity index (χ1) is 8.88. The lowest BCUT2D eigenvalue weighted by molar-refractivity contribution is 0.363. The van der Waals surface area contributed by atoms with Crippen molar-refractivity contribution in [3.63, 3.8) is 0 Å². The lowest BCUT2D eigenvalue weighted by Crippen LogP contribution is -2.30. The van der Waals surface area contributed by atoms with Crippen LogP contribution in [0.4, 0.5) is 0 Å². The molecular weight excluding hydrogens is 226 g/mol. The summed E-state index contributed by atoms with van der Waals surface area (Å²) in [5.41, 5.74) is 2.01. The number of nitrogens with one attached hydrogen (secondary N) is 2. The van der Waals surface area contributed by atoms with Crippen molar-refractivity contribution >= 4 is 11.0 Å². The fraction of sp³-hybridized carbons (Fsp3) is 0.462. The van der Waals surface area contributed by atoms with E-state index in [2.05, 4.69) is 26.5 Å². The standard InChI is InChI=1S/C13H15N5/c14-7-16-10-3-1-2-9(6-10)12-11-4-5-15-13(11)18-8-17-12/h4-5,8-10,16H,1-3,6H2,(H,15,17,18). The number of hydrogen-bond acceptors (Lipinski definition) is 4. The molecule has 1 aliphatic rings. The van der Waals surface area contributed by atoms with Crippen molar-refractivity contribution in [1.29, 1.82) is 5.26 Å². The number of aromatic nitrogens is 3. The van der Waals surface area contributed by atoms with E-state index in [9.17, 15) is 0 Å². The van der Waals surface area contributed by atoms with Gasteiger partial charge in [0.15, 0.2) is 6.19 Å². The Kier molecular flexibility index (Phi) is 2.85. The smallest absolute Gasteiger partial charge is 0.176 e. The van der Waals surface area contributed by atoms with Crippen LogP contribution in [0.25, 0.3) is 11.0 Å². The van der Waals surface area contributed by atoms with E-state index in [-0.39, 0.29) is 6.04 Å². The zero-order valence-electron chi connectivity index (χ0n) is 10.1. The van der Waals surface area contributed by atoms with Crippen LogP contribution in [0, 0.1) is 11.5 Å². The molecule has 1 saturated carbocycles. The number of nitriles is 1. The predicted octanol–water partition coefficient (Wildman–Crippen LogP) is 2.05. The summed E-state index contributed by atoms with van der Waals surface area (Å²) in [6.07, 6.45) is 9.90. The van der Waals surface area contributed by atoms with Gasteiger partial charge in [-0.3, -0.25) is 0 Å². The van der Waals surface area contributed by atoms with Gasteiger partial charge in [-0.05, 0) is 25.3 Å². The van der Waals surface area contributed by atoms with Gasteiger partial charge in [-0.2, -0.15) is 5.26 Å². The first-order valence-corrected chi connectivity index (χ1v) is 6.31. The fourth-order valence-corrected chi connectivity index (χ4v) is 2.88. The Morgan fingerprint density at radius 3 is 3.22 bits per heavy atom. The summed E-state index contributed by atoms with van der Waals surface area (Å²) in [5.74, 6) is 0.422. The van der Waals surface area contributed by atoms with E-state index in [1.165, 1.54) is 0 Å². The Hall–Kier alpha value is -2.09. The molecule has 2 aromatic rings. The molecule has 18 heavy (non-hydrogen) atoms. The highest BCUT2D eigenvalue weighted by Gasteiger charge is 2.25. The molecule has 0 bridgehead atoms. The molecule has 0 radical (unpaired) electrons. The van der Waals surface area contributed by atoms with Crippen molar-refractivity contribution in [2.24, 2.45) is 0 Å². The monoisotopic (exact) mass is 241 g/mol. The second-order valence-corrected chi connectivity index (χ2v) is 4.82. The Morgan fingerprint density at radius 2 is 2.33 bits per heavy atom. The highest BCUT2D eigenvalue weighted by atomic mass is 14.9. The average molecular weight is 241 g/mol. The van der Waals surface area contributed by atoms with Crippen molar-refractivity contribution in [2.75, 3.05) is 0 Å². The SMILES string of the molecule is N#CNC1CCCC(c2ncnc3[nH]ccc23)C1. The summed E-state index contributed by atoms with van der Waals surface area (Å²) in [4.78, 5) is 11.8. The first-order valence-electron chi connectivity index (χ1n) is 6.31. The molecule has 1 aliphatic carbocycles. The number of H-pyrrole nitrogens is 1. The maximum absolute atomic E-state index is 8.72. The first kappa shape index (κ1) is 11.0. The number of nitrogens with zero attached hydrogens (tertiary/aromatic N) is 3. The molecule has 2 aromatic heterocycles. The summed E-state index contributed by atoms with van der Waals surface area (Å²) in [6.45, 7) is 0. The highest BCUT2D eigenvalue weighted by Crippen LogP contribution is 2.34. The Bertz CT molecular complexity index is 582. The van der Waals surface area contributed by atoms with E-state index in [1.54, 1.807) is 6.33 Å². The normalized spacial score (nSPS) is 23.7. The quantitative estimate of drug-likeness (QED) is 0.623. The minimum absolute atomic E-state index is 0.290. The van der Waals surface area contributed by atoms with Gasteiger partial charge in [0.1, 0.15) is 12.0 Å². The topological polar surface area (TPSA) is 77.4 Å². The third kappa shape index (κ3) is 1.90. The van der Waals surface area contributed by atoms with Gasteiger partial charge >= 0.3 is 0 Å². The number of rotatable bonds is 2. The lowest BCUT2D eigenvalue weighted by atomic mass is 9.83. The van der Waals surface area contributed by atoms with Crippen molar-refractivity contribution in [2.45, 2.75) is 37.6 Å². The second kappa shape index (κ2) is 4.65. The molecule has 3 rings (SSSR count). The third-order valence-electron chi connectivity index (χ3n) is 3.71. The van der Waals surface area contributed by atoms with Crippen LogP contribution in [0.1, 0.15) is 37.3 Å². The third-order valence-corrected chi connectivity index (χ3v) is 3.71. The van der Waals surface area contributed by atoms with Crippen LogP contribution in [-0.2, 0) is 0 Å². The van der Waals surface area contributed by atoms with Crippen LogP contribution in [-0.4, -0.2) is 21.0 Å². The van der Waals surface area contributed by atoms with Crippen molar-refractivity contribution in [1.82, 2.24) is 20.3 Å². The lowest BCUT2D eigenvalue weighted by Gasteiger charge is -2.28. The summed E-state index contributed by atoms with van der Waals surface area (Å²) in [7, 11) is 0. The number of aromatic amines is 1. The molecule has 0 spiro atoms. The van der Waals surface area contributed by atoms with E-state index < -0.39 is 0 Å². The molecular formula is C13H15N5. The van der Waals surface area contributed by atoms with Crippen molar-refractivity contribution in [3.05, 3.63) is 24.3 Å². The largest absolute Gasteiger partial charge is 0.346 e. The van der Waals surface area contributed by atoms with Gasteiger partial charge in [-0.25, -0.2) is 9.97 Å².